The van der Waals surface area contributed by atoms with Gasteiger partial charge in [0, 0.05) is 18.0 Å². The van der Waals surface area contributed by atoms with Crippen molar-refractivity contribution in [1.29, 1.82) is 0 Å². The number of fused-ring (bicyclic) bond motifs is 2. The Balaban J connectivity index is 1.52. The average molecular weight is 366 g/mol. The molecular weight excluding hydrogens is 344 g/mol. The van der Waals surface area contributed by atoms with E-state index in [9.17, 15) is 4.79 Å². The fraction of sp³-hybridized carbons (Fsp3) is 0.333. The monoisotopic (exact) mass is 366 g/mol. The topological polar surface area (TPSA) is 60.9 Å². The third-order valence-corrected chi connectivity index (χ3v) is 4.96. The lowest BCUT2D eigenvalue weighted by molar-refractivity contribution is -0.0342. The molecule has 1 amide bonds. The van der Waals surface area contributed by atoms with E-state index in [4.69, 9.17) is 14.2 Å². The summed E-state index contributed by atoms with van der Waals surface area (Å²) in [4.78, 5) is 18.8. The summed E-state index contributed by atoms with van der Waals surface area (Å²) in [6, 6.07) is 11.3. The van der Waals surface area contributed by atoms with E-state index in [1.807, 2.05) is 42.6 Å². The van der Waals surface area contributed by atoms with Gasteiger partial charge in [0.25, 0.3) is 0 Å². The Labute approximate surface area is 158 Å². The summed E-state index contributed by atoms with van der Waals surface area (Å²) >= 11 is 0. The smallest absolute Gasteiger partial charge is 0.411 e. The first-order valence-corrected chi connectivity index (χ1v) is 9.02. The number of nitrogens with zero attached hydrogens (tertiary/aromatic N) is 2. The number of rotatable bonds is 4. The molecule has 2 aliphatic heterocycles. The maximum atomic E-state index is 12.7. The van der Waals surface area contributed by atoms with Crippen LogP contribution in [0.1, 0.15) is 17.5 Å². The van der Waals surface area contributed by atoms with Gasteiger partial charge in [0.15, 0.2) is 0 Å². The van der Waals surface area contributed by atoms with Crippen LogP contribution in [0, 0.1) is 0 Å². The number of carbonyl (C=O) groups excluding carboxylic acids is 1. The summed E-state index contributed by atoms with van der Waals surface area (Å²) in [5.41, 5.74) is 3.07. The number of methoxy groups -OCH3 is 1. The van der Waals surface area contributed by atoms with Crippen molar-refractivity contribution in [3.8, 4) is 5.75 Å². The molecule has 1 saturated heterocycles. The predicted molar refractivity (Wildman–Crippen MR) is 100 cm³/mol. The predicted octanol–water partition coefficient (Wildman–Crippen LogP) is 3.28. The number of hydrogen-bond donors (Lipinski definition) is 0. The Morgan fingerprint density at radius 2 is 2.11 bits per heavy atom. The summed E-state index contributed by atoms with van der Waals surface area (Å²) in [6.45, 7) is 1.23. The molecule has 2 aliphatic rings. The van der Waals surface area contributed by atoms with Crippen molar-refractivity contribution >= 4 is 11.7 Å². The largest absolute Gasteiger partial charge is 0.496 e. The van der Waals surface area contributed by atoms with Crippen molar-refractivity contribution in [3.05, 3.63) is 66.0 Å². The van der Waals surface area contributed by atoms with E-state index in [0.717, 1.165) is 22.4 Å². The van der Waals surface area contributed by atoms with E-state index >= 15 is 0 Å². The maximum Gasteiger partial charge on any atom is 0.411 e. The second kappa shape index (κ2) is 7.80. The summed E-state index contributed by atoms with van der Waals surface area (Å²) in [5, 5.41) is 0. The van der Waals surface area contributed by atoms with Crippen molar-refractivity contribution in [3.63, 3.8) is 0 Å². The minimum Gasteiger partial charge on any atom is -0.496 e. The molecule has 2 aromatic rings. The van der Waals surface area contributed by atoms with Crippen LogP contribution < -0.4 is 4.74 Å². The Hall–Kier alpha value is -2.86. The van der Waals surface area contributed by atoms with Crippen LogP contribution in [-0.4, -0.2) is 48.4 Å². The lowest BCUT2D eigenvalue weighted by Crippen LogP contribution is -2.56. The zero-order valence-electron chi connectivity index (χ0n) is 15.2. The van der Waals surface area contributed by atoms with Crippen molar-refractivity contribution in [2.45, 2.75) is 25.1 Å². The molecule has 0 N–H and O–H groups in total. The van der Waals surface area contributed by atoms with E-state index in [0.29, 0.717) is 19.6 Å². The van der Waals surface area contributed by atoms with E-state index in [-0.39, 0.29) is 24.8 Å². The second-order valence-electron chi connectivity index (χ2n) is 6.68. The molecule has 0 spiro atoms. The van der Waals surface area contributed by atoms with Crippen LogP contribution in [0.5, 0.6) is 5.75 Å². The molecular formula is C21H22N2O4. The summed E-state index contributed by atoms with van der Waals surface area (Å²) in [7, 11) is 1.65. The molecule has 1 aromatic carbocycles. The van der Waals surface area contributed by atoms with Gasteiger partial charge in [0.05, 0.1) is 32.4 Å². The molecule has 1 aromatic heterocycles. The second-order valence-corrected chi connectivity index (χ2v) is 6.68. The summed E-state index contributed by atoms with van der Waals surface area (Å²) in [5.74, 6) is 0.787. The highest BCUT2D eigenvalue weighted by Gasteiger charge is 2.39. The van der Waals surface area contributed by atoms with Gasteiger partial charge in [-0.2, -0.15) is 0 Å². The Bertz CT molecular complexity index is 837. The first-order chi connectivity index (χ1) is 13.3. The minimum absolute atomic E-state index is 0.0584. The van der Waals surface area contributed by atoms with Gasteiger partial charge in [0.2, 0.25) is 0 Å². The molecule has 27 heavy (non-hydrogen) atoms. The van der Waals surface area contributed by atoms with E-state index in [2.05, 4.69) is 11.1 Å². The van der Waals surface area contributed by atoms with Crippen LogP contribution in [0.4, 0.5) is 4.79 Å². The van der Waals surface area contributed by atoms with Crippen LogP contribution in [0.3, 0.4) is 0 Å². The third-order valence-electron chi connectivity index (χ3n) is 4.96. The number of amides is 1. The molecule has 4 rings (SSSR count). The van der Waals surface area contributed by atoms with Crippen LogP contribution in [0.25, 0.3) is 5.57 Å². The maximum absolute atomic E-state index is 12.7. The highest BCUT2D eigenvalue weighted by molar-refractivity contribution is 5.76. The number of ether oxygens (including phenoxy) is 3. The van der Waals surface area contributed by atoms with E-state index in [1.165, 1.54) is 0 Å². The number of pyridine rings is 1. The Kier molecular flexibility index (Phi) is 5.07. The normalized spacial score (nSPS) is 21.4. The van der Waals surface area contributed by atoms with Crippen molar-refractivity contribution < 1.29 is 19.0 Å². The first kappa shape index (κ1) is 17.5. The summed E-state index contributed by atoms with van der Waals surface area (Å²) in [6.07, 6.45) is 5.97. The van der Waals surface area contributed by atoms with E-state index in [1.54, 1.807) is 18.2 Å². The fourth-order valence-electron chi connectivity index (χ4n) is 3.67. The molecule has 0 radical (unpaired) electrons. The average Bonchev–Trinajstić information content (AvgIpc) is 2.71. The van der Waals surface area contributed by atoms with Gasteiger partial charge in [-0.25, -0.2) is 4.79 Å². The molecule has 0 saturated carbocycles. The van der Waals surface area contributed by atoms with Crippen LogP contribution in [0.2, 0.25) is 0 Å². The van der Waals surface area contributed by atoms with Gasteiger partial charge in [-0.1, -0.05) is 36.4 Å². The third kappa shape index (κ3) is 3.66. The Morgan fingerprint density at radius 3 is 2.89 bits per heavy atom. The van der Waals surface area contributed by atoms with Gasteiger partial charge in [-0.3, -0.25) is 9.88 Å². The molecule has 0 aliphatic carbocycles. The molecule has 6 nitrogen and oxygen atoms in total. The molecule has 2 atom stereocenters. The highest BCUT2D eigenvalue weighted by atomic mass is 16.6. The lowest BCUT2D eigenvalue weighted by Gasteiger charge is -2.43. The zero-order chi connectivity index (χ0) is 18.6. The Morgan fingerprint density at radius 1 is 1.26 bits per heavy atom. The first-order valence-electron chi connectivity index (χ1n) is 9.02. The van der Waals surface area contributed by atoms with Crippen LogP contribution in [-0.2, 0) is 16.1 Å². The minimum atomic E-state index is -0.300. The van der Waals surface area contributed by atoms with Gasteiger partial charge in [-0.15, -0.1) is 0 Å². The number of carbonyl (C=O) groups is 1. The molecule has 140 valence electrons. The van der Waals surface area contributed by atoms with Crippen molar-refractivity contribution in [2.24, 2.45) is 0 Å². The number of aromatic nitrogens is 1. The van der Waals surface area contributed by atoms with Crippen LogP contribution >= 0.6 is 0 Å². The number of benzene rings is 1. The fourth-order valence-corrected chi connectivity index (χ4v) is 3.67. The van der Waals surface area contributed by atoms with Gasteiger partial charge >= 0.3 is 6.09 Å². The van der Waals surface area contributed by atoms with E-state index < -0.39 is 0 Å². The zero-order valence-corrected chi connectivity index (χ0v) is 15.2. The lowest BCUT2D eigenvalue weighted by atomic mass is 9.90. The van der Waals surface area contributed by atoms with Crippen molar-refractivity contribution in [2.75, 3.05) is 20.3 Å². The molecule has 2 unspecified atom stereocenters. The van der Waals surface area contributed by atoms with Gasteiger partial charge in [-0.05, 0) is 23.6 Å². The molecule has 2 bridgehead atoms. The quantitative estimate of drug-likeness (QED) is 0.831. The van der Waals surface area contributed by atoms with Gasteiger partial charge < -0.3 is 14.2 Å². The summed E-state index contributed by atoms with van der Waals surface area (Å²) < 4.78 is 16.7. The molecule has 6 heteroatoms. The molecule has 1 fully saturated rings. The van der Waals surface area contributed by atoms with Crippen LogP contribution in [0.15, 0.2) is 54.9 Å². The number of hydrogen-bond acceptors (Lipinski definition) is 5. The van der Waals surface area contributed by atoms with Crippen molar-refractivity contribution in [1.82, 2.24) is 9.88 Å². The highest BCUT2D eigenvalue weighted by Crippen LogP contribution is 2.36. The van der Waals surface area contributed by atoms with Gasteiger partial charge in [0.1, 0.15) is 12.4 Å². The standard InChI is InChI=1S/C21H22N2O4/c1-25-20-7-8-22-11-19(20)16-9-17-13-26-14-18(10-16)23(17)21(24)27-12-15-5-3-2-4-6-15/h2-9,11,17-18H,10,12-14H2,1H3. The number of morpholine rings is 1. The molecule has 3 heterocycles. The SMILES string of the molecule is COc1ccncc1C1=CC2COCC(C1)N2C(=O)OCc1ccccc1.